The average molecular weight is 751 g/mol. The highest BCUT2D eigenvalue weighted by Gasteiger charge is 2.82. The quantitative estimate of drug-likeness (QED) is 0.130. The molecule has 1 aliphatic heterocycles. The first kappa shape index (κ1) is 36.0. The van der Waals surface area contributed by atoms with Crippen LogP contribution in [0.3, 0.4) is 0 Å². The van der Waals surface area contributed by atoms with E-state index in [0.29, 0.717) is 6.04 Å². The van der Waals surface area contributed by atoms with E-state index in [1.165, 1.54) is 83.7 Å². The molecule has 0 N–H and O–H groups in total. The molecule has 8 aromatic rings. The standard InChI is InChI=1S/C56H50N2/c1-5-55(4)54-56(55,51-26-13-12-25-49(51)53-40(3)18-17-32-58(53)54)30-33-57-31-15-14-27-52(57)50-38-45(29-28-39(50)2)43-23-16-24-44(34-43)48-36-46(41-19-8-6-9-20-41)35-47(37-48)42-21-10-7-11-22-42/h6-29,31-32,34-38,54H,5,30,33H2,1-4H3/q+2. The van der Waals surface area contributed by atoms with Gasteiger partial charge in [0.2, 0.25) is 11.4 Å². The summed E-state index contributed by atoms with van der Waals surface area (Å²) >= 11 is 0. The Morgan fingerprint density at radius 3 is 1.78 bits per heavy atom. The lowest BCUT2D eigenvalue weighted by Crippen LogP contribution is -2.44. The molecule has 0 bridgehead atoms. The van der Waals surface area contributed by atoms with Crippen LogP contribution in [0.15, 0.2) is 188 Å². The fourth-order valence-electron chi connectivity index (χ4n) is 10.6. The van der Waals surface area contributed by atoms with Crippen LogP contribution in [-0.2, 0) is 12.0 Å². The molecule has 3 unspecified atom stereocenters. The zero-order valence-corrected chi connectivity index (χ0v) is 34.0. The largest absolute Gasteiger partial charge is 0.215 e. The van der Waals surface area contributed by atoms with E-state index in [9.17, 15) is 0 Å². The normalized spacial score (nSPS) is 18.9. The van der Waals surface area contributed by atoms with Crippen molar-refractivity contribution in [2.24, 2.45) is 5.41 Å². The summed E-state index contributed by atoms with van der Waals surface area (Å²) in [7, 11) is 0. The Labute approximate surface area is 343 Å². The van der Waals surface area contributed by atoms with Crippen molar-refractivity contribution in [3.05, 3.63) is 205 Å². The molecule has 2 aliphatic rings. The van der Waals surface area contributed by atoms with Crippen molar-refractivity contribution < 1.29 is 9.13 Å². The van der Waals surface area contributed by atoms with Gasteiger partial charge in [-0.2, -0.15) is 9.13 Å². The average Bonchev–Trinajstić information content (AvgIpc) is 3.85. The fourth-order valence-corrected chi connectivity index (χ4v) is 10.6. The van der Waals surface area contributed by atoms with Crippen LogP contribution in [-0.4, -0.2) is 0 Å². The van der Waals surface area contributed by atoms with Gasteiger partial charge in [-0.15, -0.1) is 0 Å². The number of hydrogen-bond acceptors (Lipinski definition) is 0. The number of nitrogens with zero attached hydrogens (tertiary/aromatic N) is 2. The molecule has 3 atom stereocenters. The first-order chi connectivity index (χ1) is 28.4. The maximum atomic E-state index is 2.62. The third-order valence-electron chi connectivity index (χ3n) is 13.8. The molecule has 0 saturated heterocycles. The van der Waals surface area contributed by atoms with Crippen LogP contribution in [0, 0.1) is 19.3 Å². The van der Waals surface area contributed by atoms with E-state index in [-0.39, 0.29) is 10.8 Å². The van der Waals surface area contributed by atoms with Crippen molar-refractivity contribution in [1.29, 1.82) is 0 Å². The number of benzene rings is 6. The van der Waals surface area contributed by atoms with Gasteiger partial charge in [-0.05, 0) is 124 Å². The third kappa shape index (κ3) is 5.77. The maximum Gasteiger partial charge on any atom is 0.215 e. The van der Waals surface area contributed by atoms with Gasteiger partial charge in [0.25, 0.3) is 0 Å². The molecule has 2 heteroatoms. The number of aromatic nitrogens is 2. The Hall–Kier alpha value is -6.38. The lowest BCUT2D eigenvalue weighted by molar-refractivity contribution is -0.705. The molecule has 1 fully saturated rings. The van der Waals surface area contributed by atoms with E-state index >= 15 is 0 Å². The molecule has 1 aliphatic carbocycles. The van der Waals surface area contributed by atoms with Gasteiger partial charge in [-0.3, -0.25) is 0 Å². The summed E-state index contributed by atoms with van der Waals surface area (Å²) in [5.74, 6) is 0. The van der Waals surface area contributed by atoms with Crippen molar-refractivity contribution in [1.82, 2.24) is 0 Å². The van der Waals surface area contributed by atoms with Crippen LogP contribution in [0.5, 0.6) is 0 Å². The van der Waals surface area contributed by atoms with Crippen molar-refractivity contribution in [2.45, 2.75) is 58.5 Å². The minimum absolute atomic E-state index is 0.0689. The van der Waals surface area contributed by atoms with E-state index in [0.717, 1.165) is 19.4 Å². The molecule has 0 amide bonds. The molecule has 58 heavy (non-hydrogen) atoms. The second-order valence-electron chi connectivity index (χ2n) is 16.8. The minimum atomic E-state index is 0.0689. The Morgan fingerprint density at radius 2 is 1.07 bits per heavy atom. The molecule has 282 valence electrons. The number of fused-ring (bicyclic) bond motifs is 6. The van der Waals surface area contributed by atoms with Crippen molar-refractivity contribution >= 4 is 0 Å². The molecule has 0 radical (unpaired) electrons. The SMILES string of the molecule is CCC1(C)C2[n+]3cccc(C)c3-c3ccccc3C21CC[n+]1ccccc1-c1cc(-c2cccc(-c3cc(-c4ccccc4)cc(-c4ccccc4)c3)c2)ccc1C. The van der Waals surface area contributed by atoms with E-state index in [1.807, 2.05) is 0 Å². The van der Waals surface area contributed by atoms with Crippen molar-refractivity contribution in [2.75, 3.05) is 0 Å². The molecular weight excluding hydrogens is 701 g/mol. The minimum Gasteiger partial charge on any atom is -0.198 e. The predicted molar refractivity (Wildman–Crippen MR) is 239 cm³/mol. The summed E-state index contributed by atoms with van der Waals surface area (Å²) in [6.07, 6.45) is 6.85. The molecule has 6 aromatic carbocycles. The summed E-state index contributed by atoms with van der Waals surface area (Å²) < 4.78 is 5.14. The van der Waals surface area contributed by atoms with Gasteiger partial charge in [-0.25, -0.2) is 0 Å². The molecular formula is C56H50N2+2. The number of hydrogen-bond donors (Lipinski definition) is 0. The zero-order valence-electron chi connectivity index (χ0n) is 34.0. The Bertz CT molecular complexity index is 2760. The van der Waals surface area contributed by atoms with E-state index in [4.69, 9.17) is 0 Å². The molecule has 2 nitrogen and oxygen atoms in total. The Kier molecular flexibility index (Phi) is 8.82. The van der Waals surface area contributed by atoms with Crippen LogP contribution in [0.2, 0.25) is 0 Å². The van der Waals surface area contributed by atoms with E-state index in [2.05, 4.69) is 225 Å². The molecule has 0 spiro atoms. The number of rotatable bonds is 9. The second kappa shape index (κ2) is 14.2. The number of aryl methyl sites for hydroxylation is 3. The van der Waals surface area contributed by atoms with Gasteiger partial charge in [-0.1, -0.05) is 123 Å². The van der Waals surface area contributed by atoms with Crippen LogP contribution in [0.25, 0.3) is 67.0 Å². The van der Waals surface area contributed by atoms with Crippen molar-refractivity contribution in [3.63, 3.8) is 0 Å². The van der Waals surface area contributed by atoms with Gasteiger partial charge in [0.1, 0.15) is 6.54 Å². The summed E-state index contributed by atoms with van der Waals surface area (Å²) in [6.45, 7) is 10.4. The van der Waals surface area contributed by atoms with E-state index in [1.54, 1.807) is 0 Å². The highest BCUT2D eigenvalue weighted by molar-refractivity contribution is 5.83. The highest BCUT2D eigenvalue weighted by Crippen LogP contribution is 2.76. The number of pyridine rings is 2. The smallest absolute Gasteiger partial charge is 0.198 e. The first-order valence-corrected chi connectivity index (χ1v) is 21.0. The summed E-state index contributed by atoms with van der Waals surface area (Å²) in [5.41, 5.74) is 19.5. The summed E-state index contributed by atoms with van der Waals surface area (Å²) in [4.78, 5) is 0. The lowest BCUT2D eigenvalue weighted by atomic mass is 9.78. The topological polar surface area (TPSA) is 7.76 Å². The molecule has 10 rings (SSSR count). The van der Waals surface area contributed by atoms with Gasteiger partial charge >= 0.3 is 0 Å². The molecule has 1 saturated carbocycles. The molecule has 3 heterocycles. The van der Waals surface area contributed by atoms with Crippen LogP contribution in [0.1, 0.15) is 49.4 Å². The van der Waals surface area contributed by atoms with Crippen LogP contribution in [0.4, 0.5) is 0 Å². The summed E-state index contributed by atoms with van der Waals surface area (Å²) in [6, 6.07) is 65.4. The molecule has 2 aromatic heterocycles. The summed E-state index contributed by atoms with van der Waals surface area (Å²) in [5, 5.41) is 0. The lowest BCUT2D eigenvalue weighted by Gasteiger charge is -2.25. The fraction of sp³-hybridized carbons (Fsp3) is 0.179. The monoisotopic (exact) mass is 750 g/mol. The van der Waals surface area contributed by atoms with Crippen LogP contribution < -0.4 is 9.13 Å². The Balaban J connectivity index is 1.00. The van der Waals surface area contributed by atoms with Gasteiger partial charge < -0.3 is 0 Å². The van der Waals surface area contributed by atoms with Gasteiger partial charge in [0.15, 0.2) is 18.4 Å². The van der Waals surface area contributed by atoms with E-state index < -0.39 is 0 Å². The van der Waals surface area contributed by atoms with Crippen molar-refractivity contribution in [3.8, 4) is 67.0 Å². The van der Waals surface area contributed by atoms with Crippen LogP contribution >= 0.6 is 0 Å². The first-order valence-electron chi connectivity index (χ1n) is 21.0. The predicted octanol–water partition coefficient (Wildman–Crippen LogP) is 13.2. The third-order valence-corrected chi connectivity index (χ3v) is 13.8. The maximum absolute atomic E-state index is 2.62. The Morgan fingerprint density at radius 1 is 0.483 bits per heavy atom. The second-order valence-corrected chi connectivity index (χ2v) is 16.8. The van der Waals surface area contributed by atoms with Gasteiger partial charge in [0.05, 0.1) is 11.0 Å². The highest BCUT2D eigenvalue weighted by atomic mass is 15.1. The van der Waals surface area contributed by atoms with Gasteiger partial charge in [0, 0.05) is 41.2 Å². The zero-order chi connectivity index (χ0) is 39.4.